The van der Waals surface area contributed by atoms with Crippen LogP contribution in [0.15, 0.2) is 61.3 Å². The van der Waals surface area contributed by atoms with Crippen LogP contribution < -0.4 is 5.32 Å². The molecule has 1 aromatic carbocycles. The summed E-state index contributed by atoms with van der Waals surface area (Å²) >= 11 is 0. The van der Waals surface area contributed by atoms with Crippen molar-refractivity contribution >= 4 is 5.91 Å². The summed E-state index contributed by atoms with van der Waals surface area (Å²) in [6, 6.07) is 10.2. The number of imidazole rings is 1. The van der Waals surface area contributed by atoms with E-state index in [0.717, 1.165) is 0 Å². The highest BCUT2D eigenvalue weighted by Gasteiger charge is 2.01. The number of carbonyl (C=O) groups is 1. The minimum atomic E-state index is -0.125. The second-order valence-corrected chi connectivity index (χ2v) is 3.94. The minimum Gasteiger partial charge on any atom is -0.384 e. The molecule has 1 aromatic heterocycles. The van der Waals surface area contributed by atoms with Crippen molar-refractivity contribution in [3.8, 4) is 0 Å². The summed E-state index contributed by atoms with van der Waals surface area (Å²) in [5.41, 5.74) is 1.18. The molecule has 18 heavy (non-hydrogen) atoms. The summed E-state index contributed by atoms with van der Waals surface area (Å²) in [7, 11) is 0. The fourth-order valence-electron chi connectivity index (χ4n) is 1.58. The van der Waals surface area contributed by atoms with E-state index in [2.05, 4.69) is 10.3 Å². The number of allylic oxidation sites excluding steroid dienone is 1. The summed E-state index contributed by atoms with van der Waals surface area (Å²) in [5.74, 6) is -0.125. The lowest BCUT2D eigenvalue weighted by Crippen LogP contribution is -2.13. The van der Waals surface area contributed by atoms with Gasteiger partial charge in [0.1, 0.15) is 6.33 Å². The lowest BCUT2D eigenvalue weighted by atomic mass is 10.1. The third kappa shape index (κ3) is 3.07. The van der Waals surface area contributed by atoms with E-state index in [1.54, 1.807) is 18.6 Å². The van der Waals surface area contributed by atoms with Gasteiger partial charge in [0.05, 0.1) is 0 Å². The molecule has 0 saturated carbocycles. The Kier molecular flexibility index (Phi) is 3.91. The molecule has 0 unspecified atom stereocenters. The highest BCUT2D eigenvalue weighted by molar-refractivity contribution is 5.89. The van der Waals surface area contributed by atoms with E-state index in [-0.39, 0.29) is 11.9 Å². The summed E-state index contributed by atoms with van der Waals surface area (Å²) < 4.78 is 1.42. The molecule has 2 rings (SSSR count). The zero-order chi connectivity index (χ0) is 12.8. The SMILES string of the molecule is C[C@@H](N/C=C\C(=O)n1ccnc1)c1ccccc1. The van der Waals surface area contributed by atoms with Crippen molar-refractivity contribution < 1.29 is 4.79 Å². The Hall–Kier alpha value is -2.36. The van der Waals surface area contributed by atoms with E-state index in [9.17, 15) is 4.79 Å². The molecule has 0 bridgehead atoms. The molecule has 4 heteroatoms. The van der Waals surface area contributed by atoms with Crippen LogP contribution in [0.1, 0.15) is 23.3 Å². The molecule has 0 radical (unpaired) electrons. The molecule has 0 amide bonds. The van der Waals surface area contributed by atoms with Gasteiger partial charge in [-0.1, -0.05) is 30.3 Å². The van der Waals surface area contributed by atoms with E-state index >= 15 is 0 Å². The number of benzene rings is 1. The van der Waals surface area contributed by atoms with Crippen molar-refractivity contribution in [2.75, 3.05) is 0 Å². The molecule has 0 spiro atoms. The maximum absolute atomic E-state index is 11.6. The number of nitrogens with zero attached hydrogens (tertiary/aromatic N) is 2. The van der Waals surface area contributed by atoms with Crippen LogP contribution in [0.2, 0.25) is 0 Å². The summed E-state index contributed by atoms with van der Waals surface area (Å²) in [6.45, 7) is 2.04. The van der Waals surface area contributed by atoms with Crippen molar-refractivity contribution in [1.82, 2.24) is 14.9 Å². The number of rotatable bonds is 4. The molecule has 0 saturated heterocycles. The van der Waals surface area contributed by atoms with Crippen LogP contribution in [0, 0.1) is 0 Å². The monoisotopic (exact) mass is 241 g/mol. The summed E-state index contributed by atoms with van der Waals surface area (Å²) in [6.07, 6.45) is 7.83. The lowest BCUT2D eigenvalue weighted by Gasteiger charge is -2.11. The Labute approximate surface area is 106 Å². The van der Waals surface area contributed by atoms with Crippen molar-refractivity contribution in [2.24, 2.45) is 0 Å². The molecular weight excluding hydrogens is 226 g/mol. The van der Waals surface area contributed by atoms with Crippen LogP contribution in [-0.2, 0) is 0 Å². The second kappa shape index (κ2) is 5.82. The van der Waals surface area contributed by atoms with Gasteiger partial charge in [0.2, 0.25) is 0 Å². The van der Waals surface area contributed by atoms with Gasteiger partial charge < -0.3 is 5.32 Å². The molecule has 92 valence electrons. The van der Waals surface area contributed by atoms with E-state index in [0.29, 0.717) is 0 Å². The van der Waals surface area contributed by atoms with Gasteiger partial charge in [0, 0.05) is 30.7 Å². The van der Waals surface area contributed by atoms with Gasteiger partial charge in [0.15, 0.2) is 0 Å². The van der Waals surface area contributed by atoms with Gasteiger partial charge in [-0.05, 0) is 12.5 Å². The van der Waals surface area contributed by atoms with Gasteiger partial charge in [-0.2, -0.15) is 0 Å². The zero-order valence-electron chi connectivity index (χ0n) is 10.2. The number of hydrogen-bond acceptors (Lipinski definition) is 3. The first-order valence-corrected chi connectivity index (χ1v) is 5.77. The smallest absolute Gasteiger partial charge is 0.257 e. The molecule has 2 aromatic rings. The fourth-order valence-corrected chi connectivity index (χ4v) is 1.58. The number of hydrogen-bond donors (Lipinski definition) is 1. The zero-order valence-corrected chi connectivity index (χ0v) is 10.2. The topological polar surface area (TPSA) is 46.9 Å². The van der Waals surface area contributed by atoms with E-state index in [1.807, 2.05) is 37.3 Å². The first-order chi connectivity index (χ1) is 8.77. The van der Waals surface area contributed by atoms with Crippen molar-refractivity contribution in [2.45, 2.75) is 13.0 Å². The first kappa shape index (κ1) is 12.1. The maximum Gasteiger partial charge on any atom is 0.257 e. The highest BCUT2D eigenvalue weighted by atomic mass is 16.1. The molecule has 1 heterocycles. The van der Waals surface area contributed by atoms with Crippen LogP contribution in [0.5, 0.6) is 0 Å². The predicted molar refractivity (Wildman–Crippen MR) is 70.0 cm³/mol. The molecule has 1 N–H and O–H groups in total. The molecule has 0 aliphatic carbocycles. The van der Waals surface area contributed by atoms with E-state index in [1.165, 1.54) is 22.5 Å². The van der Waals surface area contributed by atoms with E-state index < -0.39 is 0 Å². The largest absolute Gasteiger partial charge is 0.384 e. The third-order valence-corrected chi connectivity index (χ3v) is 2.63. The fraction of sp³-hybridized carbons (Fsp3) is 0.143. The van der Waals surface area contributed by atoms with Crippen LogP contribution >= 0.6 is 0 Å². The third-order valence-electron chi connectivity index (χ3n) is 2.63. The van der Waals surface area contributed by atoms with Gasteiger partial charge >= 0.3 is 0 Å². The van der Waals surface area contributed by atoms with Gasteiger partial charge in [0.25, 0.3) is 5.91 Å². The van der Waals surface area contributed by atoms with Gasteiger partial charge in [-0.25, -0.2) is 4.98 Å². The Morgan fingerprint density at radius 1 is 1.39 bits per heavy atom. The summed E-state index contributed by atoms with van der Waals surface area (Å²) in [5, 5.41) is 3.16. The molecular formula is C14H15N3O. The van der Waals surface area contributed by atoms with Gasteiger partial charge in [-0.15, -0.1) is 0 Å². The van der Waals surface area contributed by atoms with Crippen LogP contribution in [-0.4, -0.2) is 15.5 Å². The average Bonchev–Trinajstić information content (AvgIpc) is 2.93. The minimum absolute atomic E-state index is 0.125. The van der Waals surface area contributed by atoms with Crippen molar-refractivity contribution in [3.63, 3.8) is 0 Å². The standard InChI is InChI=1S/C14H15N3O/c1-12(13-5-3-2-4-6-13)16-8-7-14(18)17-10-9-15-11-17/h2-12,16H,1H3/b8-7-/t12-/m1/s1. The maximum atomic E-state index is 11.6. The number of aromatic nitrogens is 2. The highest BCUT2D eigenvalue weighted by Crippen LogP contribution is 2.10. The number of carbonyl (C=O) groups excluding carboxylic acids is 1. The van der Waals surface area contributed by atoms with E-state index in [4.69, 9.17) is 0 Å². The Balaban J connectivity index is 1.90. The Morgan fingerprint density at radius 2 is 2.17 bits per heavy atom. The normalized spacial score (nSPS) is 12.5. The quantitative estimate of drug-likeness (QED) is 0.836. The molecule has 0 aliphatic heterocycles. The predicted octanol–water partition coefficient (Wildman–Crippen LogP) is 2.39. The van der Waals surface area contributed by atoms with Gasteiger partial charge in [-0.3, -0.25) is 9.36 Å². The van der Waals surface area contributed by atoms with Crippen LogP contribution in [0.3, 0.4) is 0 Å². The summed E-state index contributed by atoms with van der Waals surface area (Å²) in [4.78, 5) is 15.4. The number of nitrogens with one attached hydrogen (secondary N) is 1. The Bertz CT molecular complexity index is 517. The Morgan fingerprint density at radius 3 is 2.83 bits per heavy atom. The van der Waals surface area contributed by atoms with Crippen molar-refractivity contribution in [1.29, 1.82) is 0 Å². The molecule has 1 atom stereocenters. The van der Waals surface area contributed by atoms with Crippen LogP contribution in [0.25, 0.3) is 0 Å². The average molecular weight is 241 g/mol. The van der Waals surface area contributed by atoms with Crippen LogP contribution in [0.4, 0.5) is 0 Å². The second-order valence-electron chi connectivity index (χ2n) is 3.94. The molecule has 0 fully saturated rings. The lowest BCUT2D eigenvalue weighted by molar-refractivity contribution is 0.0968. The first-order valence-electron chi connectivity index (χ1n) is 5.77. The molecule has 4 nitrogen and oxygen atoms in total. The van der Waals surface area contributed by atoms with Crippen molar-refractivity contribution in [3.05, 3.63) is 66.9 Å². The molecule has 0 aliphatic rings.